The second-order valence-electron chi connectivity index (χ2n) is 27.1. The van der Waals surface area contributed by atoms with E-state index in [0.29, 0.717) is 19.6 Å². The predicted octanol–water partition coefficient (Wildman–Crippen LogP) is 10.5. The Labute approximate surface area is 511 Å². The zero-order valence-corrected chi connectivity index (χ0v) is 52.6. The lowest BCUT2D eigenvalue weighted by molar-refractivity contribution is -0.169. The topological polar surface area (TPSA) is 233 Å². The highest BCUT2D eigenvalue weighted by molar-refractivity contribution is 7.92. The van der Waals surface area contributed by atoms with E-state index in [9.17, 15) is 68.3 Å². The number of halogens is 6. The number of esters is 2. The Kier molecular flexibility index (Phi) is 25.2. The molecule has 87 heavy (non-hydrogen) atoms. The van der Waals surface area contributed by atoms with Gasteiger partial charge in [-0.25, -0.2) is 39.6 Å². The molecule has 1 saturated heterocycles. The van der Waals surface area contributed by atoms with Gasteiger partial charge in [-0.15, -0.1) is 6.58 Å². The lowest BCUT2D eigenvalue weighted by Crippen LogP contribution is -2.64. The minimum Gasteiger partial charge on any atom is -0.466 e. The molecule has 494 valence electrons. The number of alkyl halides is 6. The number of nitrogens with zero attached hydrogens (tertiary/aromatic N) is 1. The Hall–Kier alpha value is -5.26. The van der Waals surface area contributed by atoms with E-state index in [0.717, 1.165) is 18.4 Å². The van der Waals surface area contributed by atoms with E-state index in [1.807, 2.05) is 44.2 Å². The van der Waals surface area contributed by atoms with Crippen LogP contribution in [0.2, 0.25) is 0 Å². The van der Waals surface area contributed by atoms with Gasteiger partial charge in [0.05, 0.1) is 59.8 Å². The molecule has 4 N–H and O–H groups in total. The van der Waals surface area contributed by atoms with Gasteiger partial charge in [-0.2, -0.15) is 0 Å². The van der Waals surface area contributed by atoms with E-state index < -0.39 is 121 Å². The third-order valence-electron chi connectivity index (χ3n) is 17.9. The number of carbonyl (C=O) groups excluding carboxylic acids is 7. The van der Waals surface area contributed by atoms with Crippen LogP contribution in [0.25, 0.3) is 0 Å². The Morgan fingerprint density at radius 3 is 1.80 bits per heavy atom. The van der Waals surface area contributed by atoms with Gasteiger partial charge in [0.1, 0.15) is 12.1 Å². The zero-order valence-electron chi connectivity index (χ0n) is 51.8. The SMILES string of the molecule is C.C=CCNC(=O)C(=O)C(CC1CC1)NC(=O)[C@@H]1[C@@H]2C(CN1C(=O)[C@@H](NC(=O)NC1(CS(=O)(=O)C(C)(C)C)CCC(F)(F)CC1)C(C)(C)C)C2(C)C.CCOC(=O)C1(COCc2ccccc2)CCC(F)(F)CC1.CCOC(=O)C1CCC(F)(F)CC1. The molecule has 0 aromatic heterocycles. The first-order valence-corrected chi connectivity index (χ1v) is 31.9. The first-order chi connectivity index (χ1) is 39.8. The van der Waals surface area contributed by atoms with Crippen molar-refractivity contribution in [3.05, 3.63) is 48.6 Å². The lowest BCUT2D eigenvalue weighted by Gasteiger charge is -2.43. The van der Waals surface area contributed by atoms with Crippen molar-refractivity contribution >= 4 is 51.3 Å². The highest BCUT2D eigenvalue weighted by Crippen LogP contribution is 2.65. The number of ketones is 1. The van der Waals surface area contributed by atoms with Gasteiger partial charge in [-0.05, 0) is 114 Å². The monoisotopic (exact) mass is 1260 g/mol. The number of hydrogen-bond donors (Lipinski definition) is 4. The number of hydrogen-bond acceptors (Lipinski definition) is 12. The van der Waals surface area contributed by atoms with Gasteiger partial charge in [-0.3, -0.25) is 28.8 Å². The van der Waals surface area contributed by atoms with Crippen molar-refractivity contribution < 1.29 is 82.5 Å². The van der Waals surface area contributed by atoms with Crippen LogP contribution in [0.4, 0.5) is 31.1 Å². The molecule has 7 rings (SSSR count). The second-order valence-corrected chi connectivity index (χ2v) is 29.9. The Bertz CT molecular complexity index is 2650. The number of amides is 5. The maximum atomic E-state index is 14.4. The second kappa shape index (κ2) is 29.6. The summed E-state index contributed by atoms with van der Waals surface area (Å²) in [7, 11) is -3.84. The number of ether oxygens (including phenoxy) is 3. The number of sulfone groups is 1. The molecule has 1 heterocycles. The molecule has 6 aliphatic rings. The number of likely N-dealkylation sites (tertiary alicyclic amines) is 1. The van der Waals surface area contributed by atoms with E-state index in [1.54, 1.807) is 34.6 Å². The quantitative estimate of drug-likeness (QED) is 0.0390. The molecule has 6 fully saturated rings. The molecule has 5 atom stereocenters. The van der Waals surface area contributed by atoms with E-state index in [1.165, 1.54) is 31.7 Å². The van der Waals surface area contributed by atoms with Crippen molar-refractivity contribution in [2.24, 2.45) is 39.9 Å². The smallest absolute Gasteiger partial charge is 0.315 e. The number of nitrogens with one attached hydrogen (secondary N) is 4. The summed E-state index contributed by atoms with van der Waals surface area (Å²) < 4.78 is 122. The van der Waals surface area contributed by atoms with Crippen molar-refractivity contribution in [2.45, 2.75) is 226 Å². The van der Waals surface area contributed by atoms with E-state index in [4.69, 9.17) is 14.2 Å². The largest absolute Gasteiger partial charge is 0.466 e. The van der Waals surface area contributed by atoms with Gasteiger partial charge in [0.2, 0.25) is 35.4 Å². The van der Waals surface area contributed by atoms with Crippen molar-refractivity contribution in [3.8, 4) is 0 Å². The highest BCUT2D eigenvalue weighted by Gasteiger charge is 2.70. The third-order valence-corrected chi connectivity index (χ3v) is 20.7. The van der Waals surface area contributed by atoms with Crippen LogP contribution in [0, 0.1) is 39.9 Å². The average Bonchev–Trinajstić information content (AvgIpc) is 1.58. The molecule has 24 heteroatoms. The molecule has 1 aromatic carbocycles. The number of piperidine rings is 1. The van der Waals surface area contributed by atoms with Crippen LogP contribution in [-0.4, -0.2) is 140 Å². The molecule has 1 aromatic rings. The fourth-order valence-corrected chi connectivity index (χ4v) is 13.4. The van der Waals surface area contributed by atoms with Gasteiger partial charge in [-0.1, -0.05) is 91.3 Å². The number of rotatable bonds is 21. The van der Waals surface area contributed by atoms with Crippen LogP contribution < -0.4 is 21.3 Å². The Balaban J connectivity index is 0.000000365. The molecule has 17 nitrogen and oxygen atoms in total. The first-order valence-electron chi connectivity index (χ1n) is 30.2. The molecule has 5 amide bonds. The molecule has 5 aliphatic carbocycles. The van der Waals surface area contributed by atoms with Crippen LogP contribution in [0.1, 0.15) is 179 Å². The number of Topliss-reactive ketones (excluding diaryl/α,β-unsaturated/α-hetero) is 1. The Morgan fingerprint density at radius 1 is 0.759 bits per heavy atom. The van der Waals surface area contributed by atoms with Gasteiger partial charge in [0.15, 0.2) is 9.84 Å². The van der Waals surface area contributed by atoms with Crippen LogP contribution >= 0.6 is 0 Å². The van der Waals surface area contributed by atoms with E-state index in [2.05, 4.69) is 27.8 Å². The van der Waals surface area contributed by atoms with Crippen LogP contribution in [0.15, 0.2) is 43.0 Å². The molecule has 0 spiro atoms. The molecule has 1 aliphatic heterocycles. The fraction of sp³-hybridized carbons (Fsp3) is 0.762. The zero-order chi connectivity index (χ0) is 64.5. The summed E-state index contributed by atoms with van der Waals surface area (Å²) in [6.07, 6.45) is 1.54. The summed E-state index contributed by atoms with van der Waals surface area (Å²) >= 11 is 0. The van der Waals surface area contributed by atoms with Crippen LogP contribution in [-0.2, 0) is 59.4 Å². The first kappa shape index (κ1) is 74.2. The molecule has 2 unspecified atom stereocenters. The third kappa shape index (κ3) is 20.4. The minimum atomic E-state index is -3.84. The predicted molar refractivity (Wildman–Crippen MR) is 317 cm³/mol. The minimum absolute atomic E-state index is 0. The summed E-state index contributed by atoms with van der Waals surface area (Å²) in [6.45, 7) is 22.1. The van der Waals surface area contributed by atoms with Gasteiger partial charge in [0.25, 0.3) is 5.91 Å². The Morgan fingerprint density at radius 2 is 1.30 bits per heavy atom. The average molecular weight is 1260 g/mol. The summed E-state index contributed by atoms with van der Waals surface area (Å²) in [6, 6.07) is 5.46. The fourth-order valence-electron chi connectivity index (χ4n) is 11.9. The number of fused-ring (bicyclic) bond motifs is 1. The highest BCUT2D eigenvalue weighted by atomic mass is 32.2. The van der Waals surface area contributed by atoms with Crippen molar-refractivity contribution in [2.75, 3.05) is 38.7 Å². The van der Waals surface area contributed by atoms with Crippen molar-refractivity contribution in [3.63, 3.8) is 0 Å². The summed E-state index contributed by atoms with van der Waals surface area (Å²) in [4.78, 5) is 92.8. The normalized spacial score (nSPS) is 23.7. The van der Waals surface area contributed by atoms with Crippen molar-refractivity contribution in [1.29, 1.82) is 0 Å². The number of carbonyl (C=O) groups is 7. The molecular weight excluding hydrogens is 1160 g/mol. The molecule has 5 saturated carbocycles. The van der Waals surface area contributed by atoms with Crippen molar-refractivity contribution in [1.82, 2.24) is 26.2 Å². The number of benzene rings is 1. The van der Waals surface area contributed by atoms with Gasteiger partial charge in [0, 0.05) is 51.6 Å². The summed E-state index contributed by atoms with van der Waals surface area (Å²) in [5.41, 5.74) is -2.59. The molecule has 0 bridgehead atoms. The van der Waals surface area contributed by atoms with Gasteiger partial charge < -0.3 is 40.4 Å². The van der Waals surface area contributed by atoms with Crippen LogP contribution in [0.3, 0.4) is 0 Å². The van der Waals surface area contributed by atoms with E-state index in [-0.39, 0.29) is 133 Å². The maximum absolute atomic E-state index is 14.4. The molecular formula is C63H97F6N5O12S. The standard InChI is InChI=1S/C36H57F2N5O7S.C17H22F2O3.C9H14F2O2.CH4/c1-10-17-39-29(46)26(44)23(18-21-11-12-21)40-28(45)25-24-22(34(24,8)9)19-43(25)30(47)27(32(2,3)4)41-31(48)42-35(13-15-36(37,38)16-14-35)20-51(49,50)33(5,6)7;1-2-22-15(20)16(8-10-17(18,19)11-9-16)13-21-12-14-6-4-3-5-7-14;1-2-13-8(12)7-3-5-9(10,11)6-4-7;/h10,21-25,27H,1,11-20H2,2-9H3,(H,39,46)(H,40,45)(H2,41,42,48);3-7H,2,8-13H2,1H3;7H,2-6H2,1H3;1H4/t22?,23?,24-,25-,27+;;;/m0.../s1. The number of urea groups is 1. The van der Waals surface area contributed by atoms with Crippen LogP contribution in [0.5, 0.6) is 0 Å². The maximum Gasteiger partial charge on any atom is 0.315 e. The lowest BCUT2D eigenvalue weighted by atomic mass is 9.73. The van der Waals surface area contributed by atoms with Gasteiger partial charge >= 0.3 is 18.0 Å². The van der Waals surface area contributed by atoms with E-state index >= 15 is 0 Å². The summed E-state index contributed by atoms with van der Waals surface area (Å²) in [5.74, 6) is -12.6. The molecule has 0 radical (unpaired) electrons. The summed E-state index contributed by atoms with van der Waals surface area (Å²) in [5, 5.41) is 10.7.